The molecule has 0 saturated carbocycles. The second-order valence-electron chi connectivity index (χ2n) is 7.28. The molecule has 4 nitrogen and oxygen atoms in total. The second kappa shape index (κ2) is 6.30. The van der Waals surface area contributed by atoms with E-state index in [9.17, 15) is 0 Å². The molecule has 3 fully saturated rings. The van der Waals surface area contributed by atoms with Gasteiger partial charge in [-0.3, -0.25) is 14.7 Å². The van der Waals surface area contributed by atoms with Crippen LogP contribution in [0.2, 0.25) is 0 Å². The van der Waals surface area contributed by atoms with E-state index in [1.54, 1.807) is 0 Å². The van der Waals surface area contributed by atoms with Gasteiger partial charge in [0.2, 0.25) is 0 Å². The van der Waals surface area contributed by atoms with Crippen molar-refractivity contribution in [1.82, 2.24) is 20.0 Å². The highest BCUT2D eigenvalue weighted by molar-refractivity contribution is 4.94. The van der Waals surface area contributed by atoms with Gasteiger partial charge in [-0.25, -0.2) is 0 Å². The average molecular weight is 280 g/mol. The molecule has 4 heteroatoms. The number of hydrogen-bond acceptors (Lipinski definition) is 4. The molecule has 0 bridgehead atoms. The van der Waals surface area contributed by atoms with Gasteiger partial charge in [0, 0.05) is 70.5 Å². The maximum absolute atomic E-state index is 3.42. The topological polar surface area (TPSA) is 21.8 Å². The van der Waals surface area contributed by atoms with Crippen LogP contribution in [0, 0.1) is 5.92 Å². The minimum absolute atomic E-state index is 0.720. The Labute approximate surface area is 124 Å². The van der Waals surface area contributed by atoms with Crippen LogP contribution in [0.1, 0.15) is 27.2 Å². The first-order valence-corrected chi connectivity index (χ1v) is 8.60. The standard InChI is InChI=1S/C16H32N4/c1-4-14-9-18(15-7-17-8-15)5-6-19(10-14)16-11-20(12-16)13(2)3/h13-17H,4-12H2,1-3H3. The third-order valence-electron chi connectivity index (χ3n) is 5.65. The van der Waals surface area contributed by atoms with Crippen molar-refractivity contribution >= 4 is 0 Å². The summed E-state index contributed by atoms with van der Waals surface area (Å²) in [7, 11) is 0. The Balaban J connectivity index is 1.54. The summed E-state index contributed by atoms with van der Waals surface area (Å²) in [6.45, 7) is 17.2. The van der Waals surface area contributed by atoms with Crippen LogP contribution in [0.25, 0.3) is 0 Å². The molecule has 3 rings (SSSR count). The molecule has 0 radical (unpaired) electrons. The first kappa shape index (κ1) is 14.8. The van der Waals surface area contributed by atoms with Gasteiger partial charge in [-0.2, -0.15) is 0 Å². The monoisotopic (exact) mass is 280 g/mol. The SMILES string of the molecule is CCC1CN(C2CNC2)CCN(C2CN(C(C)C)C2)C1. The van der Waals surface area contributed by atoms with Crippen LogP contribution >= 0.6 is 0 Å². The molecule has 1 atom stereocenters. The van der Waals surface area contributed by atoms with Crippen LogP contribution in [-0.4, -0.2) is 85.2 Å². The zero-order chi connectivity index (χ0) is 14.1. The summed E-state index contributed by atoms with van der Waals surface area (Å²) in [5.74, 6) is 0.867. The van der Waals surface area contributed by atoms with Crippen LogP contribution in [0.4, 0.5) is 0 Å². The van der Waals surface area contributed by atoms with Crippen LogP contribution in [-0.2, 0) is 0 Å². The largest absolute Gasteiger partial charge is 0.314 e. The third-order valence-corrected chi connectivity index (χ3v) is 5.65. The van der Waals surface area contributed by atoms with E-state index in [-0.39, 0.29) is 0 Å². The minimum atomic E-state index is 0.720. The fraction of sp³-hybridized carbons (Fsp3) is 1.00. The highest BCUT2D eigenvalue weighted by Gasteiger charge is 2.36. The zero-order valence-corrected chi connectivity index (χ0v) is 13.5. The average Bonchev–Trinajstić information content (AvgIpc) is 2.48. The predicted octanol–water partition coefficient (Wildman–Crippen LogP) is 0.695. The van der Waals surface area contributed by atoms with Gasteiger partial charge in [-0.05, 0) is 19.8 Å². The first-order valence-electron chi connectivity index (χ1n) is 8.60. The molecule has 1 unspecified atom stereocenters. The number of likely N-dealkylation sites (tertiary alicyclic amines) is 1. The van der Waals surface area contributed by atoms with E-state index in [0.29, 0.717) is 0 Å². The van der Waals surface area contributed by atoms with Crippen LogP contribution in [0.3, 0.4) is 0 Å². The summed E-state index contributed by atoms with van der Waals surface area (Å²) in [5, 5.41) is 3.42. The Morgan fingerprint density at radius 1 is 0.950 bits per heavy atom. The van der Waals surface area contributed by atoms with Gasteiger partial charge in [0.15, 0.2) is 0 Å². The van der Waals surface area contributed by atoms with Gasteiger partial charge in [-0.15, -0.1) is 0 Å². The van der Waals surface area contributed by atoms with Gasteiger partial charge >= 0.3 is 0 Å². The molecule has 3 saturated heterocycles. The molecule has 0 aromatic rings. The van der Waals surface area contributed by atoms with E-state index in [0.717, 1.165) is 24.0 Å². The molecule has 1 N–H and O–H groups in total. The van der Waals surface area contributed by atoms with Crippen molar-refractivity contribution in [3.05, 3.63) is 0 Å². The zero-order valence-electron chi connectivity index (χ0n) is 13.5. The maximum Gasteiger partial charge on any atom is 0.0351 e. The molecule has 0 amide bonds. The molecule has 0 aromatic carbocycles. The normalized spacial score (nSPS) is 32.1. The molecular weight excluding hydrogens is 248 g/mol. The molecule has 0 aromatic heterocycles. The van der Waals surface area contributed by atoms with E-state index >= 15 is 0 Å². The van der Waals surface area contributed by atoms with E-state index in [1.165, 1.54) is 58.8 Å². The van der Waals surface area contributed by atoms with Gasteiger partial charge in [-0.1, -0.05) is 13.3 Å². The molecule has 0 spiro atoms. The van der Waals surface area contributed by atoms with Gasteiger partial charge in [0.25, 0.3) is 0 Å². The van der Waals surface area contributed by atoms with E-state index in [2.05, 4.69) is 40.8 Å². The Morgan fingerprint density at radius 3 is 2.00 bits per heavy atom. The number of hydrogen-bond donors (Lipinski definition) is 1. The predicted molar refractivity (Wildman–Crippen MR) is 84.1 cm³/mol. The lowest BCUT2D eigenvalue weighted by atomic mass is 10.0. The van der Waals surface area contributed by atoms with Gasteiger partial charge in [0.1, 0.15) is 0 Å². The van der Waals surface area contributed by atoms with E-state index in [1.807, 2.05) is 0 Å². The Bertz CT molecular complexity index is 310. The number of rotatable bonds is 4. The Morgan fingerprint density at radius 2 is 1.55 bits per heavy atom. The van der Waals surface area contributed by atoms with Crippen molar-refractivity contribution in [3.63, 3.8) is 0 Å². The molecular formula is C16H32N4. The molecule has 20 heavy (non-hydrogen) atoms. The summed E-state index contributed by atoms with van der Waals surface area (Å²) >= 11 is 0. The number of nitrogens with zero attached hydrogens (tertiary/aromatic N) is 3. The van der Waals surface area contributed by atoms with E-state index in [4.69, 9.17) is 0 Å². The first-order chi connectivity index (χ1) is 9.67. The van der Waals surface area contributed by atoms with Crippen molar-refractivity contribution in [2.24, 2.45) is 5.92 Å². The molecule has 3 heterocycles. The van der Waals surface area contributed by atoms with Crippen LogP contribution in [0.15, 0.2) is 0 Å². The molecule has 116 valence electrons. The highest BCUT2D eigenvalue weighted by atomic mass is 15.3. The van der Waals surface area contributed by atoms with Crippen molar-refractivity contribution in [2.75, 3.05) is 52.4 Å². The summed E-state index contributed by atoms with van der Waals surface area (Å²) in [6.07, 6.45) is 1.33. The van der Waals surface area contributed by atoms with Crippen molar-refractivity contribution in [1.29, 1.82) is 0 Å². The minimum Gasteiger partial charge on any atom is -0.314 e. The van der Waals surface area contributed by atoms with Crippen LogP contribution < -0.4 is 5.32 Å². The van der Waals surface area contributed by atoms with Gasteiger partial charge in [0.05, 0.1) is 0 Å². The number of nitrogens with one attached hydrogen (secondary N) is 1. The maximum atomic E-state index is 3.42. The Kier molecular flexibility index (Phi) is 4.65. The quantitative estimate of drug-likeness (QED) is 0.818. The summed E-state index contributed by atoms with van der Waals surface area (Å²) in [6, 6.07) is 2.36. The van der Waals surface area contributed by atoms with Gasteiger partial charge < -0.3 is 5.32 Å². The summed E-state index contributed by atoms with van der Waals surface area (Å²) < 4.78 is 0. The molecule has 3 aliphatic rings. The fourth-order valence-corrected chi connectivity index (χ4v) is 3.75. The van der Waals surface area contributed by atoms with Crippen LogP contribution in [0.5, 0.6) is 0 Å². The third kappa shape index (κ3) is 3.03. The van der Waals surface area contributed by atoms with Crippen molar-refractivity contribution < 1.29 is 0 Å². The smallest absolute Gasteiger partial charge is 0.0351 e. The molecule has 3 aliphatic heterocycles. The lowest BCUT2D eigenvalue weighted by molar-refractivity contribution is 0.0107. The van der Waals surface area contributed by atoms with Crippen molar-refractivity contribution in [3.8, 4) is 0 Å². The lowest BCUT2D eigenvalue weighted by Crippen LogP contribution is -2.62. The second-order valence-corrected chi connectivity index (χ2v) is 7.28. The van der Waals surface area contributed by atoms with E-state index < -0.39 is 0 Å². The fourth-order valence-electron chi connectivity index (χ4n) is 3.75. The summed E-state index contributed by atoms with van der Waals surface area (Å²) in [4.78, 5) is 8.15. The highest BCUT2D eigenvalue weighted by Crippen LogP contribution is 2.23. The lowest BCUT2D eigenvalue weighted by Gasteiger charge is -2.47. The molecule has 0 aliphatic carbocycles. The summed E-state index contributed by atoms with van der Waals surface area (Å²) in [5.41, 5.74) is 0. The Hall–Kier alpha value is -0.160. The van der Waals surface area contributed by atoms with Crippen molar-refractivity contribution in [2.45, 2.75) is 45.3 Å².